The van der Waals surface area contributed by atoms with E-state index in [9.17, 15) is 14.4 Å². The predicted molar refractivity (Wildman–Crippen MR) is 325 cm³/mol. The van der Waals surface area contributed by atoms with Crippen molar-refractivity contribution in [2.45, 2.75) is 26.7 Å². The second-order valence-electron chi connectivity index (χ2n) is 15.2. The number of hydrogen-bond acceptors (Lipinski definition) is 15. The Morgan fingerprint density at radius 2 is 0.763 bits per heavy atom. The van der Waals surface area contributed by atoms with Crippen LogP contribution < -0.4 is 14.2 Å². The van der Waals surface area contributed by atoms with Crippen LogP contribution in [0.15, 0.2) is 143 Å². The third-order valence-electron chi connectivity index (χ3n) is 9.88. The number of ether oxygens (including phenoxy) is 6. The van der Waals surface area contributed by atoms with Gasteiger partial charge in [0.15, 0.2) is 0 Å². The summed E-state index contributed by atoms with van der Waals surface area (Å²) in [6.45, 7) is 12.4. The number of terminal acetylenes is 1. The molecule has 0 aliphatic rings. The molecule has 0 saturated carbocycles. The van der Waals surface area contributed by atoms with Crippen molar-refractivity contribution >= 4 is 155 Å². The maximum atomic E-state index is 11.1. The van der Waals surface area contributed by atoms with Crippen LogP contribution in [0.1, 0.15) is 53.1 Å². The number of thiophene rings is 6. The van der Waals surface area contributed by atoms with Crippen LogP contribution in [0.3, 0.4) is 0 Å². The smallest absolute Gasteiger partial charge is 0.330 e. The number of fused-ring (bicyclic) bond motifs is 6. The molecule has 0 N–H and O–H groups in total. The lowest BCUT2D eigenvalue weighted by Crippen LogP contribution is -2.06. The second-order valence-corrected chi connectivity index (χ2v) is 24.4. The number of carbonyl (C=O) groups is 3. The quantitative estimate of drug-likeness (QED) is 0.0273. The summed E-state index contributed by atoms with van der Waals surface area (Å²) in [5.41, 5.74) is 2.63. The molecular weight excluding hydrogens is 1200 g/mol. The van der Waals surface area contributed by atoms with Crippen molar-refractivity contribution in [1.82, 2.24) is 0 Å². The molecule has 388 valence electrons. The average molecular weight is 1250 g/mol. The summed E-state index contributed by atoms with van der Waals surface area (Å²) < 4.78 is 44.6. The van der Waals surface area contributed by atoms with Gasteiger partial charge < -0.3 is 28.4 Å². The van der Waals surface area contributed by atoms with Gasteiger partial charge in [-0.05, 0) is 129 Å². The molecule has 0 atom stereocenters. The minimum absolute atomic E-state index is 0. The zero-order chi connectivity index (χ0) is 52.9. The van der Waals surface area contributed by atoms with Crippen LogP contribution >= 0.6 is 99.9 Å². The molecule has 0 amide bonds. The molecule has 0 spiro atoms. The van der Waals surface area contributed by atoms with E-state index in [-0.39, 0.29) is 7.43 Å². The fraction of sp³-hybridized carbons (Fsp3) is 0.169. The van der Waals surface area contributed by atoms with Gasteiger partial charge in [0.05, 0.1) is 75.8 Å². The van der Waals surface area contributed by atoms with Gasteiger partial charge in [0.25, 0.3) is 0 Å². The molecule has 6 heterocycles. The second kappa shape index (κ2) is 30.3. The van der Waals surface area contributed by atoms with Gasteiger partial charge in [0.1, 0.15) is 17.2 Å². The Morgan fingerprint density at radius 1 is 0.447 bits per heavy atom. The molecule has 0 aliphatic heterocycles. The Labute approximate surface area is 482 Å². The van der Waals surface area contributed by atoms with Crippen molar-refractivity contribution in [2.24, 2.45) is 0 Å². The summed E-state index contributed by atoms with van der Waals surface area (Å²) in [6.07, 6.45) is 10.5. The molecule has 17 heteroatoms. The normalized spacial score (nSPS) is 10.2. The van der Waals surface area contributed by atoms with E-state index < -0.39 is 17.9 Å². The number of carbonyl (C=O) groups excluding carboxylic acids is 3. The Morgan fingerprint density at radius 3 is 1.09 bits per heavy atom. The lowest BCUT2D eigenvalue weighted by Gasteiger charge is -2.06. The van der Waals surface area contributed by atoms with Crippen molar-refractivity contribution in [2.75, 3.05) is 39.6 Å². The molecule has 9 aromatic rings. The van der Waals surface area contributed by atoms with Gasteiger partial charge in [0.2, 0.25) is 0 Å². The van der Waals surface area contributed by atoms with Crippen LogP contribution in [0.4, 0.5) is 0 Å². The lowest BCUT2D eigenvalue weighted by molar-refractivity contribution is -0.138. The Hall–Kier alpha value is -6.43. The van der Waals surface area contributed by atoms with Gasteiger partial charge in [-0.15, -0.1) is 74.4 Å². The van der Waals surface area contributed by atoms with Crippen LogP contribution in [0.25, 0.3) is 37.6 Å². The third kappa shape index (κ3) is 17.8. The van der Waals surface area contributed by atoms with E-state index in [4.69, 9.17) is 34.8 Å². The highest BCUT2D eigenvalue weighted by Gasteiger charge is 2.13. The zero-order valence-corrected chi connectivity index (χ0v) is 48.0. The van der Waals surface area contributed by atoms with Gasteiger partial charge in [-0.1, -0.05) is 56.8 Å². The molecule has 0 radical (unpaired) electrons. The minimum atomic E-state index is -0.427. The molecule has 76 heavy (non-hydrogen) atoms. The van der Waals surface area contributed by atoms with E-state index in [2.05, 4.69) is 105 Å². The summed E-state index contributed by atoms with van der Waals surface area (Å²) in [6, 6.07) is 31.3. The van der Waals surface area contributed by atoms with Crippen LogP contribution in [-0.2, 0) is 28.6 Å². The largest absolute Gasteiger partial charge is 0.493 e. The van der Waals surface area contributed by atoms with Crippen molar-refractivity contribution in [3.05, 3.63) is 169 Å². The first-order valence-corrected chi connectivity index (χ1v) is 29.3. The molecule has 0 fully saturated rings. The fourth-order valence-corrected chi connectivity index (χ4v) is 15.3. The molecule has 9 nitrogen and oxygen atoms in total. The number of rotatable bonds is 18. The topological polar surface area (TPSA) is 107 Å². The first-order chi connectivity index (χ1) is 36.5. The maximum Gasteiger partial charge on any atom is 0.330 e. The fourth-order valence-electron chi connectivity index (χ4n) is 6.36. The standard InChI is InChI=1S/C36H28O6S3.C14H14O3.C8H2Br2S3.CH4/c1-3-33(37)41-21-5-19-39-27-13-7-25(8-14-27)11-17-29-23-31-35(43-29)36-32(45-31)24-30(44-36)18-12-26-9-15-28(16-10-26)40-20-6-22-42-34(38)4-2;1-3-12-6-8-13(9-7-12)16-10-5-11-17-14(15)4-2;9-5-1-3-7(12-5)8-4(11-3)2-6(10)13-8;/h3-4,7-10,13-16,23-24H,1-2,5-6,19-22H2;1,4,6-9H,2,5,10-11H2;1-2H;1H4. The highest BCUT2D eigenvalue weighted by atomic mass is 79.9. The van der Waals surface area contributed by atoms with Gasteiger partial charge in [-0.3, -0.25) is 0 Å². The minimum Gasteiger partial charge on any atom is -0.493 e. The van der Waals surface area contributed by atoms with Crippen LogP contribution in [-0.4, -0.2) is 57.5 Å². The molecule has 0 aliphatic carbocycles. The van der Waals surface area contributed by atoms with Gasteiger partial charge in [0, 0.05) is 73.0 Å². The predicted octanol–water partition coefficient (Wildman–Crippen LogP) is 16.5. The Balaban J connectivity index is 0.000000244. The summed E-state index contributed by atoms with van der Waals surface area (Å²) in [5.74, 6) is 16.6. The Kier molecular flexibility index (Phi) is 23.5. The maximum absolute atomic E-state index is 11.1. The van der Waals surface area contributed by atoms with E-state index in [1.54, 1.807) is 34.0 Å². The average Bonchev–Trinajstić information content (AvgIpc) is 4.30. The number of hydrogen-bond donors (Lipinski definition) is 0. The van der Waals surface area contributed by atoms with Crippen LogP contribution in [0.5, 0.6) is 17.2 Å². The SMILES string of the molecule is Brc1cc2sc3cc(Br)sc3c2s1.C.C#Cc1ccc(OCCCOC(=O)C=C)cc1.C=CC(=O)OCCCOc1ccc(C#Cc2cc3sc4cc(C#Cc5ccc(OCCCOC(=O)C=C)cc5)sc4c3s2)cc1. The number of benzene rings is 3. The highest BCUT2D eigenvalue weighted by Crippen LogP contribution is 2.46. The number of halogens is 2. The third-order valence-corrected chi connectivity index (χ3v) is 18.3. The monoisotopic (exact) mass is 1250 g/mol. The van der Waals surface area contributed by atoms with E-state index in [0.717, 1.165) is 61.9 Å². The van der Waals surface area contributed by atoms with Crippen molar-refractivity contribution in [1.29, 1.82) is 0 Å². The van der Waals surface area contributed by atoms with Crippen LogP contribution in [0.2, 0.25) is 0 Å². The summed E-state index contributed by atoms with van der Waals surface area (Å²) in [7, 11) is 0. The van der Waals surface area contributed by atoms with E-state index in [0.29, 0.717) is 58.9 Å². The molecule has 3 aromatic carbocycles. The van der Waals surface area contributed by atoms with Gasteiger partial charge in [-0.25, -0.2) is 14.4 Å². The van der Waals surface area contributed by atoms with Crippen LogP contribution in [0, 0.1) is 36.0 Å². The molecule has 6 aromatic heterocycles. The summed E-state index contributed by atoms with van der Waals surface area (Å²) in [4.78, 5) is 34.9. The summed E-state index contributed by atoms with van der Waals surface area (Å²) >= 11 is 17.7. The first kappa shape index (κ1) is 58.8. The molecule has 9 rings (SSSR count). The lowest BCUT2D eigenvalue weighted by atomic mass is 10.2. The Bertz CT molecular complexity index is 3410. The molecular formula is C59H48Br2O9S6. The molecule has 0 saturated heterocycles. The van der Waals surface area contributed by atoms with Gasteiger partial charge >= 0.3 is 17.9 Å². The molecule has 0 bridgehead atoms. The zero-order valence-electron chi connectivity index (χ0n) is 39.9. The summed E-state index contributed by atoms with van der Waals surface area (Å²) in [5, 5.41) is 0. The first-order valence-electron chi connectivity index (χ1n) is 22.8. The van der Waals surface area contributed by atoms with Crippen molar-refractivity contribution < 1.29 is 42.8 Å². The van der Waals surface area contributed by atoms with E-state index in [1.807, 2.05) is 107 Å². The highest BCUT2D eigenvalue weighted by molar-refractivity contribution is 9.11. The van der Waals surface area contributed by atoms with Gasteiger partial charge in [-0.2, -0.15) is 0 Å². The van der Waals surface area contributed by atoms with E-state index in [1.165, 1.54) is 45.2 Å². The molecule has 0 unspecified atom stereocenters. The van der Waals surface area contributed by atoms with E-state index >= 15 is 0 Å². The van der Waals surface area contributed by atoms with Crippen molar-refractivity contribution in [3.63, 3.8) is 0 Å². The van der Waals surface area contributed by atoms with Crippen molar-refractivity contribution in [3.8, 4) is 53.3 Å². The number of esters is 3.